The maximum atomic E-state index is 10.9. The molecule has 7 heteroatoms. The molecule has 1 aromatic heterocycles. The van der Waals surface area contributed by atoms with Crippen molar-refractivity contribution in [1.29, 1.82) is 0 Å². The van der Waals surface area contributed by atoms with E-state index in [0.717, 1.165) is 11.1 Å². The number of nitro groups is 1. The van der Waals surface area contributed by atoms with Gasteiger partial charge in [-0.25, -0.2) is 4.79 Å². The number of carboxylic acid groups (broad SMARTS) is 1. The molecule has 104 valence electrons. The average molecular weight is 292 g/mol. The molecule has 0 saturated carbocycles. The van der Waals surface area contributed by atoms with Gasteiger partial charge in [-0.2, -0.15) is 0 Å². The minimum Gasteiger partial charge on any atom is -0.477 e. The van der Waals surface area contributed by atoms with Gasteiger partial charge in [-0.3, -0.25) is 10.1 Å². The van der Waals surface area contributed by atoms with Crippen molar-refractivity contribution < 1.29 is 14.8 Å². The Balaban J connectivity index is 1.91. The number of non-ortho nitro benzene ring substituents is 1. The normalized spacial score (nSPS) is 10.4. The minimum atomic E-state index is -0.924. The number of nitrogens with zero attached hydrogens (tertiary/aromatic N) is 1. The summed E-state index contributed by atoms with van der Waals surface area (Å²) in [5, 5.41) is 24.4. The van der Waals surface area contributed by atoms with E-state index in [9.17, 15) is 14.9 Å². The number of aromatic carboxylic acids is 1. The Morgan fingerprint density at radius 1 is 1.25 bits per heavy atom. The lowest BCUT2D eigenvalue weighted by Gasteiger charge is -2.04. The largest absolute Gasteiger partial charge is 0.477 e. The lowest BCUT2D eigenvalue weighted by Crippen LogP contribution is -2.14. The Morgan fingerprint density at radius 2 is 1.95 bits per heavy atom. The zero-order valence-electron chi connectivity index (χ0n) is 10.4. The van der Waals surface area contributed by atoms with Crippen molar-refractivity contribution in [2.45, 2.75) is 13.1 Å². The molecule has 0 aliphatic rings. The molecule has 0 atom stereocenters. The van der Waals surface area contributed by atoms with Crippen molar-refractivity contribution in [1.82, 2.24) is 5.32 Å². The van der Waals surface area contributed by atoms with Crippen LogP contribution < -0.4 is 5.32 Å². The Hall–Kier alpha value is -2.25. The predicted octanol–water partition coefficient (Wildman–Crippen LogP) is 2.64. The molecule has 0 radical (unpaired) electrons. The van der Waals surface area contributed by atoms with Crippen LogP contribution in [0.25, 0.3) is 0 Å². The summed E-state index contributed by atoms with van der Waals surface area (Å²) in [5.74, 6) is -0.924. The topological polar surface area (TPSA) is 92.5 Å². The summed E-state index contributed by atoms with van der Waals surface area (Å²) in [6.45, 7) is 0.967. The Labute approximate surface area is 118 Å². The van der Waals surface area contributed by atoms with Crippen LogP contribution in [0.5, 0.6) is 0 Å². The molecule has 0 bridgehead atoms. The van der Waals surface area contributed by atoms with Gasteiger partial charge in [-0.15, -0.1) is 11.3 Å². The molecule has 0 fully saturated rings. The fourth-order valence-corrected chi connectivity index (χ4v) is 2.50. The highest BCUT2D eigenvalue weighted by Crippen LogP contribution is 2.17. The molecular formula is C13H12N2O4S. The van der Waals surface area contributed by atoms with Crippen LogP contribution in [0.15, 0.2) is 35.7 Å². The Bertz CT molecular complexity index is 622. The molecule has 2 N–H and O–H groups in total. The predicted molar refractivity (Wildman–Crippen MR) is 74.9 cm³/mol. The van der Waals surface area contributed by atoms with Crippen LogP contribution in [0, 0.1) is 10.1 Å². The number of benzene rings is 1. The second-order valence-corrected chi connectivity index (χ2v) is 5.02. The maximum Gasteiger partial charge on any atom is 0.346 e. The van der Waals surface area contributed by atoms with E-state index in [4.69, 9.17) is 5.11 Å². The van der Waals surface area contributed by atoms with E-state index in [1.165, 1.54) is 23.5 Å². The Kier molecular flexibility index (Phi) is 4.44. The molecule has 0 aliphatic carbocycles. The first-order chi connectivity index (χ1) is 9.58. The van der Waals surface area contributed by atoms with Gasteiger partial charge in [0.05, 0.1) is 4.92 Å². The van der Waals surface area contributed by atoms with Gasteiger partial charge in [0.15, 0.2) is 0 Å². The van der Waals surface area contributed by atoms with Gasteiger partial charge in [0.25, 0.3) is 5.69 Å². The molecule has 0 unspecified atom stereocenters. The standard InChI is InChI=1S/C13H12N2O4S/c16-13(17)12-10(5-6-20-12)8-14-7-9-1-3-11(4-2-9)15(18)19/h1-6,14H,7-8H2,(H,16,17). The van der Waals surface area contributed by atoms with E-state index in [0.29, 0.717) is 18.0 Å². The summed E-state index contributed by atoms with van der Waals surface area (Å²) < 4.78 is 0. The van der Waals surface area contributed by atoms with Gasteiger partial charge < -0.3 is 10.4 Å². The van der Waals surface area contributed by atoms with Crippen molar-refractivity contribution >= 4 is 23.0 Å². The van der Waals surface area contributed by atoms with Gasteiger partial charge >= 0.3 is 5.97 Å². The highest BCUT2D eigenvalue weighted by atomic mass is 32.1. The maximum absolute atomic E-state index is 10.9. The second-order valence-electron chi connectivity index (χ2n) is 4.11. The zero-order valence-corrected chi connectivity index (χ0v) is 11.2. The highest BCUT2D eigenvalue weighted by Gasteiger charge is 2.11. The number of nitro benzene ring substituents is 1. The molecule has 2 rings (SSSR count). The number of rotatable bonds is 6. The average Bonchev–Trinajstić information content (AvgIpc) is 2.88. The van der Waals surface area contributed by atoms with Gasteiger partial charge in [-0.1, -0.05) is 12.1 Å². The quantitative estimate of drug-likeness (QED) is 0.630. The molecule has 1 aromatic carbocycles. The zero-order chi connectivity index (χ0) is 14.5. The van der Waals surface area contributed by atoms with Crippen molar-refractivity contribution in [3.63, 3.8) is 0 Å². The van der Waals surface area contributed by atoms with Gasteiger partial charge in [0, 0.05) is 25.2 Å². The summed E-state index contributed by atoms with van der Waals surface area (Å²) in [6.07, 6.45) is 0. The van der Waals surface area contributed by atoms with E-state index < -0.39 is 10.9 Å². The van der Waals surface area contributed by atoms with Crippen LogP contribution in [0.3, 0.4) is 0 Å². The van der Waals surface area contributed by atoms with Crippen molar-refractivity contribution in [3.8, 4) is 0 Å². The third-order valence-corrected chi connectivity index (χ3v) is 3.68. The van der Waals surface area contributed by atoms with E-state index in [1.807, 2.05) is 0 Å². The van der Waals surface area contributed by atoms with Gasteiger partial charge in [-0.05, 0) is 22.6 Å². The summed E-state index contributed by atoms with van der Waals surface area (Å²) in [7, 11) is 0. The summed E-state index contributed by atoms with van der Waals surface area (Å²) in [6, 6.07) is 8.03. The molecule has 20 heavy (non-hydrogen) atoms. The molecular weight excluding hydrogens is 280 g/mol. The highest BCUT2D eigenvalue weighted by molar-refractivity contribution is 7.12. The first kappa shape index (κ1) is 14.2. The lowest BCUT2D eigenvalue weighted by atomic mass is 10.2. The SMILES string of the molecule is O=C(O)c1sccc1CNCc1ccc([N+](=O)[O-])cc1. The lowest BCUT2D eigenvalue weighted by molar-refractivity contribution is -0.384. The fourth-order valence-electron chi connectivity index (χ4n) is 1.74. The molecule has 0 spiro atoms. The smallest absolute Gasteiger partial charge is 0.346 e. The molecule has 6 nitrogen and oxygen atoms in total. The number of carboxylic acids is 1. The van der Waals surface area contributed by atoms with Crippen LogP contribution in [-0.2, 0) is 13.1 Å². The first-order valence-corrected chi connectivity index (χ1v) is 6.69. The van der Waals surface area contributed by atoms with E-state index in [-0.39, 0.29) is 5.69 Å². The third kappa shape index (κ3) is 3.40. The molecule has 0 saturated heterocycles. The van der Waals surface area contributed by atoms with Crippen LogP contribution in [0.1, 0.15) is 20.8 Å². The summed E-state index contributed by atoms with van der Waals surface area (Å²) in [5.41, 5.74) is 1.70. The minimum absolute atomic E-state index is 0.0553. The summed E-state index contributed by atoms with van der Waals surface area (Å²) >= 11 is 1.19. The molecule has 2 aromatic rings. The number of hydrogen-bond acceptors (Lipinski definition) is 5. The molecule has 0 amide bonds. The van der Waals surface area contributed by atoms with Gasteiger partial charge in [0.1, 0.15) is 4.88 Å². The number of thiophene rings is 1. The van der Waals surface area contributed by atoms with E-state index in [2.05, 4.69) is 5.32 Å². The first-order valence-electron chi connectivity index (χ1n) is 5.81. The number of hydrogen-bond donors (Lipinski definition) is 2. The van der Waals surface area contributed by atoms with Crippen LogP contribution >= 0.6 is 11.3 Å². The monoisotopic (exact) mass is 292 g/mol. The number of nitrogens with one attached hydrogen (secondary N) is 1. The fraction of sp³-hybridized carbons (Fsp3) is 0.154. The van der Waals surface area contributed by atoms with Crippen LogP contribution in [-0.4, -0.2) is 16.0 Å². The van der Waals surface area contributed by atoms with Gasteiger partial charge in [0.2, 0.25) is 0 Å². The second kappa shape index (κ2) is 6.27. The third-order valence-electron chi connectivity index (χ3n) is 2.73. The van der Waals surface area contributed by atoms with Crippen molar-refractivity contribution in [2.24, 2.45) is 0 Å². The molecule has 0 aliphatic heterocycles. The van der Waals surface area contributed by atoms with E-state index >= 15 is 0 Å². The number of carbonyl (C=O) groups is 1. The van der Waals surface area contributed by atoms with Crippen LogP contribution in [0.4, 0.5) is 5.69 Å². The summed E-state index contributed by atoms with van der Waals surface area (Å²) in [4.78, 5) is 21.3. The Morgan fingerprint density at radius 3 is 2.55 bits per heavy atom. The van der Waals surface area contributed by atoms with Crippen molar-refractivity contribution in [3.05, 3.63) is 61.8 Å². The molecule has 1 heterocycles. The van der Waals surface area contributed by atoms with Crippen LogP contribution in [0.2, 0.25) is 0 Å². The van der Waals surface area contributed by atoms with E-state index in [1.54, 1.807) is 23.6 Å². The van der Waals surface area contributed by atoms with Crippen molar-refractivity contribution in [2.75, 3.05) is 0 Å².